The van der Waals surface area contributed by atoms with Gasteiger partial charge in [0.2, 0.25) is 0 Å². The molecule has 2 aliphatic rings. The highest BCUT2D eigenvalue weighted by Crippen LogP contribution is 2.07. The van der Waals surface area contributed by atoms with Crippen molar-refractivity contribution in [2.75, 3.05) is 89.3 Å². The van der Waals surface area contributed by atoms with E-state index in [1.165, 1.54) is 0 Å². The number of hydrogen-bond donors (Lipinski definition) is 0. The van der Waals surface area contributed by atoms with Crippen LogP contribution in [0.4, 0.5) is 0 Å². The standard InChI is InChI=1S/C7H18N3.C6H15N3.CH3/c1-8-5-9(2)7-10(3,4)6-8;1-7-4-8(2)6-9(3)5-7;/h5-7H2,1-4H3;4-6H2,1-3H3;1H3/q+1;;-1. The minimum atomic E-state index is 0. The van der Waals surface area contributed by atoms with Gasteiger partial charge in [-0.05, 0) is 35.2 Å². The van der Waals surface area contributed by atoms with Gasteiger partial charge in [0.05, 0.1) is 40.8 Å². The van der Waals surface area contributed by atoms with Crippen molar-refractivity contribution in [2.45, 2.75) is 0 Å². The molecule has 0 spiro atoms. The van der Waals surface area contributed by atoms with Crippen molar-refractivity contribution in [3.05, 3.63) is 7.43 Å². The van der Waals surface area contributed by atoms with Gasteiger partial charge in [-0.25, -0.2) is 9.80 Å². The fourth-order valence-corrected chi connectivity index (χ4v) is 3.22. The monoisotopic (exact) mass is 288 g/mol. The highest BCUT2D eigenvalue weighted by Gasteiger charge is 2.25. The van der Waals surface area contributed by atoms with E-state index in [2.05, 4.69) is 73.8 Å². The summed E-state index contributed by atoms with van der Waals surface area (Å²) in [5.74, 6) is 0. The summed E-state index contributed by atoms with van der Waals surface area (Å²) in [5.41, 5.74) is 0. The molecule has 0 bridgehead atoms. The van der Waals surface area contributed by atoms with Gasteiger partial charge in [0.1, 0.15) is 13.3 Å². The Morgan fingerprint density at radius 2 is 0.800 bits per heavy atom. The molecule has 0 aromatic heterocycles. The van der Waals surface area contributed by atoms with Gasteiger partial charge >= 0.3 is 0 Å². The van der Waals surface area contributed by atoms with E-state index in [0.717, 1.165) is 44.5 Å². The fourth-order valence-electron chi connectivity index (χ4n) is 3.22. The van der Waals surface area contributed by atoms with E-state index in [1.807, 2.05) is 0 Å². The van der Waals surface area contributed by atoms with Crippen molar-refractivity contribution in [1.82, 2.24) is 24.5 Å². The Balaban J connectivity index is 0.000000345. The molecular weight excluding hydrogens is 252 g/mol. The van der Waals surface area contributed by atoms with E-state index in [4.69, 9.17) is 0 Å². The number of quaternary nitrogens is 1. The molecule has 0 atom stereocenters. The van der Waals surface area contributed by atoms with Crippen LogP contribution in [0.5, 0.6) is 0 Å². The summed E-state index contributed by atoms with van der Waals surface area (Å²) < 4.78 is 1.08. The zero-order valence-corrected chi connectivity index (χ0v) is 14.9. The van der Waals surface area contributed by atoms with Crippen molar-refractivity contribution < 1.29 is 4.48 Å². The SMILES string of the molecule is CN1CN(C)CN(C)C1.CN1CN(C)C[N+](C)(C)C1.[CH3-]. The van der Waals surface area contributed by atoms with Gasteiger partial charge < -0.3 is 11.9 Å². The van der Waals surface area contributed by atoms with E-state index in [1.54, 1.807) is 0 Å². The normalized spacial score (nSPS) is 26.6. The van der Waals surface area contributed by atoms with Crippen LogP contribution < -0.4 is 0 Å². The highest BCUT2D eigenvalue weighted by molar-refractivity contribution is 4.58. The minimum absolute atomic E-state index is 0. The van der Waals surface area contributed by atoms with E-state index < -0.39 is 0 Å². The Morgan fingerprint density at radius 1 is 0.550 bits per heavy atom. The van der Waals surface area contributed by atoms with E-state index >= 15 is 0 Å². The smallest absolute Gasteiger partial charge is 0.136 e. The summed E-state index contributed by atoms with van der Waals surface area (Å²) in [6.45, 7) is 6.68. The summed E-state index contributed by atoms with van der Waals surface area (Å²) in [4.78, 5) is 11.5. The van der Waals surface area contributed by atoms with E-state index in [0.29, 0.717) is 0 Å². The Kier molecular flexibility index (Phi) is 8.16. The quantitative estimate of drug-likeness (QED) is 0.457. The fraction of sp³-hybridized carbons (Fsp3) is 0.929. The largest absolute Gasteiger partial charge is 0.358 e. The molecule has 0 unspecified atom stereocenters. The summed E-state index contributed by atoms with van der Waals surface area (Å²) >= 11 is 0. The van der Waals surface area contributed by atoms with Crippen molar-refractivity contribution >= 4 is 0 Å². The number of rotatable bonds is 0. The molecule has 6 heteroatoms. The van der Waals surface area contributed by atoms with E-state index in [-0.39, 0.29) is 7.43 Å². The first kappa shape index (κ1) is 19.8. The van der Waals surface area contributed by atoms with Gasteiger partial charge in [0.15, 0.2) is 0 Å². The molecule has 20 heavy (non-hydrogen) atoms. The second kappa shape index (κ2) is 8.26. The predicted molar refractivity (Wildman–Crippen MR) is 86.5 cm³/mol. The number of nitrogens with zero attached hydrogens (tertiary/aromatic N) is 6. The van der Waals surface area contributed by atoms with Crippen LogP contribution in [-0.2, 0) is 0 Å². The third kappa shape index (κ3) is 7.52. The maximum Gasteiger partial charge on any atom is 0.136 e. The molecule has 2 rings (SSSR count). The first-order valence-electron chi connectivity index (χ1n) is 6.93. The van der Waals surface area contributed by atoms with Gasteiger partial charge in [0.25, 0.3) is 0 Å². The summed E-state index contributed by atoms with van der Waals surface area (Å²) in [5, 5.41) is 0. The first-order chi connectivity index (χ1) is 8.68. The van der Waals surface area contributed by atoms with Crippen LogP contribution in [0, 0.1) is 7.43 Å². The van der Waals surface area contributed by atoms with Gasteiger partial charge in [-0.2, -0.15) is 0 Å². The topological polar surface area (TPSA) is 16.2 Å². The van der Waals surface area contributed by atoms with Crippen LogP contribution in [-0.4, -0.2) is 118 Å². The van der Waals surface area contributed by atoms with Crippen molar-refractivity contribution in [3.8, 4) is 0 Å². The lowest BCUT2D eigenvalue weighted by atomic mass is 10.5. The van der Waals surface area contributed by atoms with Crippen LogP contribution in [0.2, 0.25) is 0 Å². The summed E-state index contributed by atoms with van der Waals surface area (Å²) in [7, 11) is 15.2. The predicted octanol–water partition coefficient (Wildman–Crippen LogP) is -0.0693. The zero-order valence-electron chi connectivity index (χ0n) is 14.9. The lowest BCUT2D eigenvalue weighted by molar-refractivity contribution is -0.917. The second-order valence-corrected chi connectivity index (χ2v) is 7.06. The second-order valence-electron chi connectivity index (χ2n) is 7.06. The third-order valence-corrected chi connectivity index (χ3v) is 3.18. The van der Waals surface area contributed by atoms with Crippen molar-refractivity contribution in [3.63, 3.8) is 0 Å². The Morgan fingerprint density at radius 3 is 1.05 bits per heavy atom. The van der Waals surface area contributed by atoms with Crippen LogP contribution in [0.25, 0.3) is 0 Å². The van der Waals surface area contributed by atoms with Crippen LogP contribution in [0.3, 0.4) is 0 Å². The van der Waals surface area contributed by atoms with E-state index in [9.17, 15) is 0 Å². The van der Waals surface area contributed by atoms with Gasteiger partial charge in [-0.1, -0.05) is 0 Å². The highest BCUT2D eigenvalue weighted by atomic mass is 15.5. The molecule has 2 aliphatic heterocycles. The average molecular weight is 288 g/mol. The Bertz CT molecular complexity index is 233. The molecule has 0 aromatic carbocycles. The zero-order chi connectivity index (χ0) is 14.6. The molecule has 2 heterocycles. The molecule has 0 N–H and O–H groups in total. The number of hydrogen-bond acceptors (Lipinski definition) is 5. The van der Waals surface area contributed by atoms with Gasteiger partial charge in [-0.3, -0.25) is 14.7 Å². The Labute approximate surface area is 126 Å². The molecule has 0 aliphatic carbocycles. The third-order valence-electron chi connectivity index (χ3n) is 3.18. The molecule has 0 aromatic rings. The lowest BCUT2D eigenvalue weighted by Crippen LogP contribution is -2.59. The molecule has 122 valence electrons. The molecule has 0 saturated carbocycles. The molecule has 0 radical (unpaired) electrons. The molecule has 2 saturated heterocycles. The molecule has 0 amide bonds. The molecule has 6 nitrogen and oxygen atoms in total. The molecular formula is C14H36N6. The summed E-state index contributed by atoms with van der Waals surface area (Å²) in [6.07, 6.45) is 0. The van der Waals surface area contributed by atoms with Crippen molar-refractivity contribution in [2.24, 2.45) is 0 Å². The Hall–Kier alpha value is -0.240. The maximum atomic E-state index is 2.34. The van der Waals surface area contributed by atoms with Gasteiger partial charge in [-0.15, -0.1) is 0 Å². The summed E-state index contributed by atoms with van der Waals surface area (Å²) in [6, 6.07) is 0. The van der Waals surface area contributed by atoms with Crippen molar-refractivity contribution in [1.29, 1.82) is 0 Å². The first-order valence-corrected chi connectivity index (χ1v) is 6.93. The average Bonchev–Trinajstić information content (AvgIpc) is 2.10. The molecule has 2 fully saturated rings. The minimum Gasteiger partial charge on any atom is -0.358 e. The lowest BCUT2D eigenvalue weighted by Gasteiger charge is -2.42. The van der Waals surface area contributed by atoms with Crippen LogP contribution in [0.15, 0.2) is 0 Å². The van der Waals surface area contributed by atoms with Crippen LogP contribution >= 0.6 is 0 Å². The van der Waals surface area contributed by atoms with Gasteiger partial charge in [0, 0.05) is 0 Å². The maximum absolute atomic E-state index is 2.34. The van der Waals surface area contributed by atoms with Crippen LogP contribution in [0.1, 0.15) is 0 Å².